The van der Waals surface area contributed by atoms with E-state index in [1.54, 1.807) is 0 Å². The van der Waals surface area contributed by atoms with Crippen LogP contribution in [-0.4, -0.2) is 29.6 Å². The van der Waals surface area contributed by atoms with Gasteiger partial charge < -0.3 is 4.43 Å². The SMILES string of the molecule is C[CH]([Al])O[Si](C)(C)C.Cl. The van der Waals surface area contributed by atoms with E-state index in [-0.39, 0.29) is 12.4 Å². The second kappa shape index (κ2) is 4.76. The quantitative estimate of drug-likeness (QED) is 0.589. The van der Waals surface area contributed by atoms with Gasteiger partial charge in [0.25, 0.3) is 0 Å². The van der Waals surface area contributed by atoms with E-state index < -0.39 is 8.32 Å². The fraction of sp³-hybridized carbons (Fsp3) is 1.00. The van der Waals surface area contributed by atoms with E-state index in [1.807, 2.05) is 6.92 Å². The van der Waals surface area contributed by atoms with Gasteiger partial charge in [-0.15, -0.1) is 12.4 Å². The van der Waals surface area contributed by atoms with Crippen LogP contribution in [0, 0.1) is 0 Å². The molecule has 1 atom stereocenters. The minimum absolute atomic E-state index is 0. The van der Waals surface area contributed by atoms with E-state index in [2.05, 4.69) is 35.9 Å². The van der Waals surface area contributed by atoms with Crippen LogP contribution in [0.4, 0.5) is 0 Å². The zero-order valence-electron chi connectivity index (χ0n) is 6.47. The molecule has 2 radical (unpaired) electrons. The van der Waals surface area contributed by atoms with Crippen molar-refractivity contribution < 1.29 is 4.43 Å². The Hall–Kier alpha value is 0.999. The van der Waals surface area contributed by atoms with Crippen LogP contribution in [0.15, 0.2) is 0 Å². The first-order valence-corrected chi connectivity index (χ1v) is 6.93. The van der Waals surface area contributed by atoms with Gasteiger partial charge in [-0.2, -0.15) is 0 Å². The van der Waals surface area contributed by atoms with Crippen molar-refractivity contribution in [3.63, 3.8) is 0 Å². The molecule has 0 fully saturated rings. The lowest BCUT2D eigenvalue weighted by atomic mass is 10.9. The van der Waals surface area contributed by atoms with E-state index in [1.165, 1.54) is 0 Å². The standard InChI is InChI=1S/C5H13OSi.Al.ClH/c1-5-6-7(2,3)4;;/h5H,1-4H3;;1H. The molecule has 1 nitrogen and oxygen atoms in total. The number of hydrogen-bond donors (Lipinski definition) is 0. The molecule has 0 heterocycles. The highest BCUT2D eigenvalue weighted by molar-refractivity contribution is 6.70. The van der Waals surface area contributed by atoms with Gasteiger partial charge >= 0.3 is 0 Å². The maximum Gasteiger partial charge on any atom is 0.181 e. The molecule has 0 rings (SSSR count). The molecule has 0 aromatic heterocycles. The van der Waals surface area contributed by atoms with Crippen LogP contribution in [0.2, 0.25) is 19.6 Å². The first kappa shape index (κ1) is 12.7. The van der Waals surface area contributed by atoms with E-state index >= 15 is 0 Å². The van der Waals surface area contributed by atoms with Crippen LogP contribution in [0.25, 0.3) is 0 Å². The fourth-order valence-corrected chi connectivity index (χ4v) is 2.90. The highest BCUT2D eigenvalue weighted by Gasteiger charge is 2.14. The van der Waals surface area contributed by atoms with Crippen LogP contribution in [0.3, 0.4) is 0 Å². The van der Waals surface area contributed by atoms with Crippen molar-refractivity contribution in [1.82, 2.24) is 0 Å². The Balaban J connectivity index is 0. The van der Waals surface area contributed by atoms with Crippen LogP contribution in [-0.2, 0) is 4.43 Å². The topological polar surface area (TPSA) is 9.23 Å². The van der Waals surface area contributed by atoms with Gasteiger partial charge in [-0.05, 0) is 24.6 Å². The van der Waals surface area contributed by atoms with E-state index in [9.17, 15) is 0 Å². The summed E-state index contributed by atoms with van der Waals surface area (Å²) in [5.74, 6) is 0. The molecule has 0 bridgehead atoms. The summed E-state index contributed by atoms with van der Waals surface area (Å²) in [5, 5.41) is 0. The van der Waals surface area contributed by atoms with Crippen molar-refractivity contribution in [2.24, 2.45) is 0 Å². The number of hydrogen-bond acceptors (Lipinski definition) is 1. The van der Waals surface area contributed by atoms with E-state index in [0.717, 1.165) is 0 Å². The predicted octanol–water partition coefficient (Wildman–Crippen LogP) is 1.77. The van der Waals surface area contributed by atoms with Crippen molar-refractivity contribution >= 4 is 37.0 Å². The van der Waals surface area contributed by atoms with Crippen molar-refractivity contribution in [2.75, 3.05) is 0 Å². The smallest absolute Gasteiger partial charge is 0.181 e. The zero-order chi connectivity index (χ0) is 6.78. The van der Waals surface area contributed by atoms with Crippen molar-refractivity contribution in [3.8, 4) is 0 Å². The van der Waals surface area contributed by atoms with Crippen molar-refractivity contribution in [2.45, 2.75) is 31.5 Å². The van der Waals surface area contributed by atoms with Gasteiger partial charge in [-0.25, -0.2) is 0 Å². The first-order valence-electron chi connectivity index (χ1n) is 2.85. The third-order valence-electron chi connectivity index (χ3n) is 0.539. The Morgan fingerprint density at radius 2 is 1.67 bits per heavy atom. The van der Waals surface area contributed by atoms with Crippen molar-refractivity contribution in [1.29, 1.82) is 0 Å². The van der Waals surface area contributed by atoms with Gasteiger partial charge in [-0.1, -0.05) is 6.92 Å². The molecular formula is C5H14AlClOSi. The summed E-state index contributed by atoms with van der Waals surface area (Å²) in [6.45, 7) is 8.61. The minimum Gasteiger partial charge on any atom is -0.432 e. The Labute approximate surface area is 73.1 Å². The predicted molar refractivity (Wildman–Crippen MR) is 46.9 cm³/mol. The lowest BCUT2D eigenvalue weighted by Crippen LogP contribution is -2.30. The van der Waals surface area contributed by atoms with Crippen LogP contribution in [0.1, 0.15) is 6.92 Å². The van der Waals surface area contributed by atoms with Crippen LogP contribution >= 0.6 is 12.4 Å². The Morgan fingerprint density at radius 1 is 1.33 bits per heavy atom. The minimum atomic E-state index is -1.24. The number of halogens is 1. The molecule has 0 aromatic rings. The highest BCUT2D eigenvalue weighted by Crippen LogP contribution is 2.03. The first-order chi connectivity index (χ1) is 3.42. The molecule has 4 heteroatoms. The molecule has 0 spiro atoms. The average molecular weight is 181 g/mol. The molecular weight excluding hydrogens is 167 g/mol. The van der Waals surface area contributed by atoms with Crippen LogP contribution in [0.5, 0.6) is 0 Å². The second-order valence-electron chi connectivity index (χ2n) is 2.94. The third kappa shape index (κ3) is 12.2. The molecule has 0 N–H and O–H groups in total. The summed E-state index contributed by atoms with van der Waals surface area (Å²) in [7, 11) is -1.24. The molecule has 0 aliphatic carbocycles. The second-order valence-corrected chi connectivity index (χ2v) is 8.33. The van der Waals surface area contributed by atoms with Gasteiger partial charge in [0.1, 0.15) is 0 Å². The summed E-state index contributed by atoms with van der Waals surface area (Å²) in [5.41, 5.74) is 0. The van der Waals surface area contributed by atoms with Gasteiger partial charge in [0.15, 0.2) is 24.6 Å². The summed E-state index contributed by atoms with van der Waals surface area (Å²) < 4.78 is 5.54. The molecule has 0 saturated heterocycles. The van der Waals surface area contributed by atoms with Gasteiger partial charge in [0.05, 0.1) is 0 Å². The molecule has 0 aliphatic rings. The highest BCUT2D eigenvalue weighted by atomic mass is 35.5. The summed E-state index contributed by atoms with van der Waals surface area (Å²) in [6.07, 6.45) is 0. The van der Waals surface area contributed by atoms with Gasteiger partial charge in [0.2, 0.25) is 0 Å². The number of rotatable bonds is 2. The molecule has 0 aromatic carbocycles. The zero-order valence-corrected chi connectivity index (χ0v) is 9.44. The Kier molecular flexibility index (Phi) is 6.69. The van der Waals surface area contributed by atoms with Gasteiger partial charge in [0, 0.05) is 0 Å². The maximum atomic E-state index is 5.54. The lowest BCUT2D eigenvalue weighted by molar-refractivity contribution is 0.294. The normalized spacial score (nSPS) is 14.2. The molecule has 0 aliphatic heterocycles. The van der Waals surface area contributed by atoms with Crippen molar-refractivity contribution in [3.05, 3.63) is 0 Å². The molecule has 9 heavy (non-hydrogen) atoms. The Bertz CT molecular complexity index is 71.8. The molecule has 54 valence electrons. The third-order valence-corrected chi connectivity index (χ3v) is 2.03. The summed E-state index contributed by atoms with van der Waals surface area (Å²) >= 11 is 2.63. The largest absolute Gasteiger partial charge is 0.432 e. The van der Waals surface area contributed by atoms with E-state index in [4.69, 9.17) is 4.43 Å². The molecule has 0 amide bonds. The monoisotopic (exact) mass is 180 g/mol. The summed E-state index contributed by atoms with van der Waals surface area (Å²) in [4.78, 5) is 0.321. The summed E-state index contributed by atoms with van der Waals surface area (Å²) in [6, 6.07) is 0. The van der Waals surface area contributed by atoms with E-state index in [0.29, 0.717) is 4.97 Å². The fourth-order valence-electron chi connectivity index (χ4n) is 0.558. The Morgan fingerprint density at radius 3 is 1.67 bits per heavy atom. The average Bonchev–Trinajstić information content (AvgIpc) is 1.21. The van der Waals surface area contributed by atoms with Gasteiger partial charge in [-0.3, -0.25) is 0 Å². The van der Waals surface area contributed by atoms with Crippen LogP contribution < -0.4 is 0 Å². The molecule has 1 unspecified atom stereocenters. The lowest BCUT2D eigenvalue weighted by Gasteiger charge is -2.21. The molecule has 0 saturated carbocycles. The maximum absolute atomic E-state index is 5.54.